The van der Waals surface area contributed by atoms with Gasteiger partial charge in [0.1, 0.15) is 0 Å². The third kappa shape index (κ3) is 1.95. The van der Waals surface area contributed by atoms with Crippen molar-refractivity contribution in [1.82, 2.24) is 0 Å². The first kappa shape index (κ1) is 13.3. The van der Waals surface area contributed by atoms with Crippen LogP contribution in [0.5, 0.6) is 0 Å². The Morgan fingerprint density at radius 1 is 1.25 bits per heavy atom. The number of nitrogens with zero attached hydrogens (tertiary/aromatic N) is 1. The summed E-state index contributed by atoms with van der Waals surface area (Å²) in [7, 11) is 0. The van der Waals surface area contributed by atoms with E-state index in [0.29, 0.717) is 12.1 Å². The summed E-state index contributed by atoms with van der Waals surface area (Å²) in [5.74, 6) is -0.814. The summed E-state index contributed by atoms with van der Waals surface area (Å²) in [6.07, 6.45) is 2.23. The average Bonchev–Trinajstić information content (AvgIpc) is 2.92. The minimum absolute atomic E-state index is 0.0348. The molecule has 2 unspecified atom stereocenters. The Bertz CT molecular complexity index is 594. The molecule has 1 fully saturated rings. The third-order valence-corrected chi connectivity index (χ3v) is 4.36. The van der Waals surface area contributed by atoms with E-state index in [1.54, 1.807) is 11.0 Å². The summed E-state index contributed by atoms with van der Waals surface area (Å²) in [5, 5.41) is 0. The molecule has 0 spiro atoms. The van der Waals surface area contributed by atoms with Crippen LogP contribution in [0.2, 0.25) is 0 Å². The van der Waals surface area contributed by atoms with E-state index in [4.69, 9.17) is 4.74 Å². The van der Waals surface area contributed by atoms with Crippen molar-refractivity contribution in [3.05, 3.63) is 28.8 Å². The van der Waals surface area contributed by atoms with Gasteiger partial charge in [0, 0.05) is 0 Å². The molecule has 0 aliphatic carbocycles. The van der Waals surface area contributed by atoms with Gasteiger partial charge in [0.15, 0.2) is 0 Å². The lowest BCUT2D eigenvalue weighted by molar-refractivity contribution is -0.114. The predicted octanol–water partition coefficient (Wildman–Crippen LogP) is 2.40. The van der Waals surface area contributed by atoms with Gasteiger partial charge in [-0.2, -0.15) is 0 Å². The second-order valence-electron chi connectivity index (χ2n) is 5.79. The molecule has 0 N–H and O–H groups in total. The summed E-state index contributed by atoms with van der Waals surface area (Å²) >= 11 is 0. The number of aryl methyl sites for hydroxylation is 1. The van der Waals surface area contributed by atoms with E-state index in [2.05, 4.69) is 0 Å². The van der Waals surface area contributed by atoms with Crippen LogP contribution in [0.1, 0.15) is 41.3 Å². The van der Waals surface area contributed by atoms with Crippen molar-refractivity contribution in [2.24, 2.45) is 0 Å². The maximum absolute atomic E-state index is 12.2. The Kier molecular flexibility index (Phi) is 3.13. The molecule has 106 valence electrons. The molecule has 2 aliphatic heterocycles. The average molecular weight is 273 g/mol. The molecule has 1 aromatic rings. The summed E-state index contributed by atoms with van der Waals surface area (Å²) in [6.45, 7) is 6.48. The molecule has 2 aliphatic rings. The molecule has 1 aromatic carbocycles. The van der Waals surface area contributed by atoms with Crippen molar-refractivity contribution in [1.29, 1.82) is 0 Å². The van der Waals surface area contributed by atoms with Crippen LogP contribution in [0.15, 0.2) is 12.1 Å². The van der Waals surface area contributed by atoms with Crippen molar-refractivity contribution >= 4 is 17.4 Å². The van der Waals surface area contributed by atoms with Gasteiger partial charge in [0.25, 0.3) is 11.7 Å². The van der Waals surface area contributed by atoms with Gasteiger partial charge in [-0.25, -0.2) is 0 Å². The first-order chi connectivity index (χ1) is 9.49. The Morgan fingerprint density at radius 3 is 2.65 bits per heavy atom. The molecule has 1 amide bonds. The van der Waals surface area contributed by atoms with E-state index in [1.165, 1.54) is 0 Å². The number of benzene rings is 1. The van der Waals surface area contributed by atoms with Gasteiger partial charge < -0.3 is 9.64 Å². The van der Waals surface area contributed by atoms with Gasteiger partial charge in [0.2, 0.25) is 0 Å². The van der Waals surface area contributed by atoms with E-state index in [1.807, 2.05) is 26.8 Å². The molecular weight excluding hydrogens is 254 g/mol. The number of hydrogen-bond donors (Lipinski definition) is 0. The van der Waals surface area contributed by atoms with E-state index < -0.39 is 11.7 Å². The number of carbonyl (C=O) groups excluding carboxylic acids is 2. The zero-order chi connectivity index (χ0) is 14.4. The van der Waals surface area contributed by atoms with Crippen molar-refractivity contribution in [3.63, 3.8) is 0 Å². The first-order valence-electron chi connectivity index (χ1n) is 7.11. The second-order valence-corrected chi connectivity index (χ2v) is 5.79. The minimum atomic E-state index is -0.420. The van der Waals surface area contributed by atoms with E-state index in [9.17, 15) is 9.59 Å². The predicted molar refractivity (Wildman–Crippen MR) is 76.2 cm³/mol. The molecule has 2 atom stereocenters. The molecule has 1 saturated heterocycles. The molecule has 2 heterocycles. The molecule has 4 heteroatoms. The molecule has 0 radical (unpaired) electrons. The van der Waals surface area contributed by atoms with Crippen molar-refractivity contribution in [2.45, 2.75) is 45.8 Å². The van der Waals surface area contributed by atoms with Crippen LogP contribution in [0, 0.1) is 13.8 Å². The van der Waals surface area contributed by atoms with Crippen LogP contribution >= 0.6 is 0 Å². The lowest BCUT2D eigenvalue weighted by Gasteiger charge is -2.23. The molecule has 0 aromatic heterocycles. The monoisotopic (exact) mass is 273 g/mol. The Hall–Kier alpha value is -1.68. The fourth-order valence-corrected chi connectivity index (χ4v) is 3.07. The normalized spacial score (nSPS) is 25.4. The van der Waals surface area contributed by atoms with Gasteiger partial charge in [-0.3, -0.25) is 9.59 Å². The molecular formula is C16H19NO3. The number of carbonyl (C=O) groups is 2. The molecule has 0 saturated carbocycles. The molecule has 20 heavy (non-hydrogen) atoms. The van der Waals surface area contributed by atoms with Gasteiger partial charge in [-0.05, 0) is 50.8 Å². The van der Waals surface area contributed by atoms with Crippen molar-refractivity contribution < 1.29 is 14.3 Å². The highest BCUT2D eigenvalue weighted by Gasteiger charge is 2.39. The molecule has 3 rings (SSSR count). The van der Waals surface area contributed by atoms with Crippen LogP contribution in [0.25, 0.3) is 0 Å². The topological polar surface area (TPSA) is 46.6 Å². The summed E-state index contributed by atoms with van der Waals surface area (Å²) in [5.41, 5.74) is 3.41. The molecule has 4 nitrogen and oxygen atoms in total. The lowest BCUT2D eigenvalue weighted by atomic mass is 10.0. The van der Waals surface area contributed by atoms with Crippen molar-refractivity contribution in [3.8, 4) is 0 Å². The zero-order valence-corrected chi connectivity index (χ0v) is 12.1. The number of Topliss-reactive ketones (excluding diaryl/α,β-unsaturated/α-hetero) is 1. The summed E-state index contributed by atoms with van der Waals surface area (Å²) in [4.78, 5) is 25.9. The van der Waals surface area contributed by atoms with Gasteiger partial charge in [-0.1, -0.05) is 6.07 Å². The zero-order valence-electron chi connectivity index (χ0n) is 12.1. The van der Waals surface area contributed by atoms with Gasteiger partial charge >= 0.3 is 0 Å². The standard InChI is InChI=1S/C16H19NO3/c1-9-4-7-13-14(11(9)3)17(16(19)15(13)18)8-12-6-5-10(2)20-12/h4,7,10,12H,5-6,8H2,1-3H3. The van der Waals surface area contributed by atoms with Gasteiger partial charge in [0.05, 0.1) is 30.0 Å². The fourth-order valence-electron chi connectivity index (χ4n) is 3.07. The maximum atomic E-state index is 12.2. The first-order valence-corrected chi connectivity index (χ1v) is 7.11. The summed E-state index contributed by atoms with van der Waals surface area (Å²) < 4.78 is 5.79. The fraction of sp³-hybridized carbons (Fsp3) is 0.500. The number of rotatable bonds is 2. The number of ketones is 1. The maximum Gasteiger partial charge on any atom is 0.299 e. The van der Waals surface area contributed by atoms with Crippen LogP contribution in [-0.2, 0) is 9.53 Å². The Morgan fingerprint density at radius 2 is 2.00 bits per heavy atom. The minimum Gasteiger partial charge on any atom is -0.373 e. The number of hydrogen-bond acceptors (Lipinski definition) is 3. The number of fused-ring (bicyclic) bond motifs is 1. The lowest BCUT2D eigenvalue weighted by Crippen LogP contribution is -2.37. The number of ether oxygens (including phenoxy) is 1. The van der Waals surface area contributed by atoms with Crippen LogP contribution in [0.3, 0.4) is 0 Å². The quantitative estimate of drug-likeness (QED) is 0.777. The van der Waals surface area contributed by atoms with E-state index in [-0.39, 0.29) is 12.2 Å². The number of amides is 1. The van der Waals surface area contributed by atoms with E-state index in [0.717, 1.165) is 29.7 Å². The van der Waals surface area contributed by atoms with E-state index >= 15 is 0 Å². The molecule has 0 bridgehead atoms. The Labute approximate surface area is 118 Å². The SMILES string of the molecule is Cc1ccc2c(c1C)N(CC1CCC(C)O1)C(=O)C2=O. The van der Waals surface area contributed by atoms with Crippen molar-refractivity contribution in [2.75, 3.05) is 11.4 Å². The smallest absolute Gasteiger partial charge is 0.299 e. The van der Waals surface area contributed by atoms with Crippen LogP contribution in [-0.4, -0.2) is 30.4 Å². The largest absolute Gasteiger partial charge is 0.373 e. The highest BCUT2D eigenvalue weighted by Crippen LogP contribution is 2.35. The van der Waals surface area contributed by atoms with Crippen LogP contribution in [0.4, 0.5) is 5.69 Å². The second kappa shape index (κ2) is 4.70. The highest BCUT2D eigenvalue weighted by atomic mass is 16.5. The third-order valence-electron chi connectivity index (χ3n) is 4.36. The van der Waals surface area contributed by atoms with Crippen LogP contribution < -0.4 is 4.90 Å². The van der Waals surface area contributed by atoms with Gasteiger partial charge in [-0.15, -0.1) is 0 Å². The highest BCUT2D eigenvalue weighted by molar-refractivity contribution is 6.52. The Balaban J connectivity index is 1.95. The summed E-state index contributed by atoms with van der Waals surface area (Å²) in [6, 6.07) is 3.66. The number of anilines is 1.